The van der Waals surface area contributed by atoms with Gasteiger partial charge in [-0.1, -0.05) is 18.2 Å². The van der Waals surface area contributed by atoms with Crippen LogP contribution < -0.4 is 9.47 Å². The van der Waals surface area contributed by atoms with E-state index in [0.717, 1.165) is 37.4 Å². The molecule has 0 spiro atoms. The van der Waals surface area contributed by atoms with Gasteiger partial charge >= 0.3 is 0 Å². The summed E-state index contributed by atoms with van der Waals surface area (Å²) in [6, 6.07) is 4.60. The van der Waals surface area contributed by atoms with Gasteiger partial charge in [0.2, 0.25) is 6.79 Å². The molecular weight excluding hydrogens is 254 g/mol. The van der Waals surface area contributed by atoms with Gasteiger partial charge in [-0.05, 0) is 24.5 Å². The topological polar surface area (TPSA) is 41.9 Å². The molecule has 1 unspecified atom stereocenters. The summed E-state index contributed by atoms with van der Waals surface area (Å²) in [5.41, 5.74) is 2.67. The van der Waals surface area contributed by atoms with Gasteiger partial charge in [-0.3, -0.25) is 4.90 Å². The van der Waals surface area contributed by atoms with Crippen LogP contribution in [0.3, 0.4) is 0 Å². The summed E-state index contributed by atoms with van der Waals surface area (Å²) < 4.78 is 11.3. The average molecular weight is 271 g/mol. The van der Waals surface area contributed by atoms with E-state index in [1.54, 1.807) is 0 Å². The molecule has 1 aromatic rings. The van der Waals surface area contributed by atoms with E-state index in [1.807, 2.05) is 12.1 Å². The summed E-state index contributed by atoms with van der Waals surface area (Å²) in [5.74, 6) is 1.81. The van der Waals surface area contributed by atoms with Gasteiger partial charge in [-0.25, -0.2) is 0 Å². The maximum Gasteiger partial charge on any atom is 0.231 e. The van der Waals surface area contributed by atoms with Crippen LogP contribution in [0.25, 0.3) is 0 Å². The molecule has 1 N–H and O–H groups in total. The van der Waals surface area contributed by atoms with Crippen molar-refractivity contribution in [3.05, 3.63) is 35.4 Å². The zero-order valence-corrected chi connectivity index (χ0v) is 11.2. The van der Waals surface area contributed by atoms with Gasteiger partial charge in [0.1, 0.15) is 0 Å². The Hall–Kier alpha value is -1.52. The lowest BCUT2D eigenvalue weighted by atomic mass is 9.66. The summed E-state index contributed by atoms with van der Waals surface area (Å²) in [7, 11) is 0. The molecule has 0 radical (unpaired) electrons. The molecule has 1 fully saturated rings. The Bertz CT molecular complexity index is 626. The van der Waals surface area contributed by atoms with Crippen molar-refractivity contribution in [3.8, 4) is 11.5 Å². The van der Waals surface area contributed by atoms with Crippen LogP contribution in [0.1, 0.15) is 24.0 Å². The van der Waals surface area contributed by atoms with Crippen LogP contribution in [0, 0.1) is 0 Å². The van der Waals surface area contributed by atoms with Gasteiger partial charge in [-0.2, -0.15) is 0 Å². The molecule has 4 atom stereocenters. The standard InChI is InChI=1S/C16H17NO3/c18-11-3-4-16-5-6-17(13(16)7-11)8-10-1-2-12-15(14(10)16)20-9-19-12/h1-4,11,13,18H,5-9H2/t11-,13+,16-/m0/s1. The second-order valence-corrected chi connectivity index (χ2v) is 6.27. The van der Waals surface area contributed by atoms with Gasteiger partial charge < -0.3 is 14.6 Å². The van der Waals surface area contributed by atoms with Crippen molar-refractivity contribution in [1.82, 2.24) is 4.90 Å². The minimum atomic E-state index is -0.316. The minimum Gasteiger partial charge on any atom is -0.454 e. The first-order valence-electron chi connectivity index (χ1n) is 7.31. The summed E-state index contributed by atoms with van der Waals surface area (Å²) in [6.45, 7) is 2.37. The third-order valence-corrected chi connectivity index (χ3v) is 5.39. The van der Waals surface area contributed by atoms with E-state index in [4.69, 9.17) is 9.47 Å². The minimum absolute atomic E-state index is 0.00581. The molecule has 2 bridgehead atoms. The Morgan fingerprint density at radius 3 is 3.20 bits per heavy atom. The van der Waals surface area contributed by atoms with Crippen LogP contribution in [-0.4, -0.2) is 35.5 Å². The Morgan fingerprint density at radius 2 is 2.25 bits per heavy atom. The maximum atomic E-state index is 9.98. The van der Waals surface area contributed by atoms with Crippen molar-refractivity contribution >= 4 is 0 Å². The number of hydrogen-bond acceptors (Lipinski definition) is 4. The van der Waals surface area contributed by atoms with E-state index in [1.165, 1.54) is 11.1 Å². The number of benzene rings is 1. The smallest absolute Gasteiger partial charge is 0.231 e. The van der Waals surface area contributed by atoms with E-state index in [9.17, 15) is 5.11 Å². The van der Waals surface area contributed by atoms with Crippen molar-refractivity contribution in [2.75, 3.05) is 13.3 Å². The normalized spacial score (nSPS) is 39.5. The Morgan fingerprint density at radius 1 is 1.30 bits per heavy atom. The SMILES string of the molecule is O[C@H]1C=C[C@@]23CCN(Cc4ccc5c(c42)OCO5)[C@@H]3C1. The molecule has 0 amide bonds. The van der Waals surface area contributed by atoms with Crippen molar-refractivity contribution in [2.24, 2.45) is 0 Å². The molecular formula is C16H17NO3. The molecule has 0 aromatic heterocycles. The zero-order valence-electron chi connectivity index (χ0n) is 11.2. The first-order valence-corrected chi connectivity index (χ1v) is 7.31. The van der Waals surface area contributed by atoms with Gasteiger partial charge in [0.05, 0.1) is 6.10 Å². The van der Waals surface area contributed by atoms with E-state index in [2.05, 4.69) is 17.0 Å². The second kappa shape index (κ2) is 3.57. The van der Waals surface area contributed by atoms with E-state index >= 15 is 0 Å². The highest BCUT2D eigenvalue weighted by atomic mass is 16.7. The van der Waals surface area contributed by atoms with Crippen LogP contribution in [0.2, 0.25) is 0 Å². The Balaban J connectivity index is 1.79. The average Bonchev–Trinajstić information content (AvgIpc) is 3.02. The summed E-state index contributed by atoms with van der Waals surface area (Å²) in [5, 5.41) is 9.98. The summed E-state index contributed by atoms with van der Waals surface area (Å²) in [6.07, 6.45) is 5.80. The van der Waals surface area contributed by atoms with Crippen LogP contribution >= 0.6 is 0 Å². The fraction of sp³-hybridized carbons (Fsp3) is 0.500. The van der Waals surface area contributed by atoms with Gasteiger partial charge in [0.15, 0.2) is 11.5 Å². The Labute approximate surface area is 117 Å². The summed E-state index contributed by atoms with van der Waals surface area (Å²) >= 11 is 0. The molecule has 20 heavy (non-hydrogen) atoms. The third-order valence-electron chi connectivity index (χ3n) is 5.39. The first kappa shape index (κ1) is 11.2. The number of aliphatic hydroxyl groups excluding tert-OH is 1. The van der Waals surface area contributed by atoms with Crippen LogP contribution in [0.15, 0.2) is 24.3 Å². The number of aliphatic hydroxyl groups is 1. The number of hydrogen-bond donors (Lipinski definition) is 1. The number of rotatable bonds is 0. The van der Waals surface area contributed by atoms with E-state index < -0.39 is 0 Å². The highest BCUT2D eigenvalue weighted by Crippen LogP contribution is 2.56. The first-order chi connectivity index (χ1) is 9.78. The van der Waals surface area contributed by atoms with Gasteiger partial charge in [0, 0.05) is 30.1 Å². The molecule has 4 nitrogen and oxygen atoms in total. The molecule has 3 heterocycles. The van der Waals surface area contributed by atoms with E-state index in [0.29, 0.717) is 12.8 Å². The van der Waals surface area contributed by atoms with Crippen molar-refractivity contribution in [2.45, 2.75) is 36.9 Å². The fourth-order valence-corrected chi connectivity index (χ4v) is 4.56. The third kappa shape index (κ3) is 1.20. The fourth-order valence-electron chi connectivity index (χ4n) is 4.56. The number of nitrogens with zero attached hydrogens (tertiary/aromatic N) is 1. The molecule has 4 heteroatoms. The quantitative estimate of drug-likeness (QED) is 0.727. The molecule has 4 aliphatic rings. The molecule has 1 aliphatic carbocycles. The highest BCUT2D eigenvalue weighted by molar-refractivity contribution is 5.60. The number of ether oxygens (including phenoxy) is 2. The second-order valence-electron chi connectivity index (χ2n) is 6.27. The Kier molecular flexibility index (Phi) is 1.99. The predicted molar refractivity (Wildman–Crippen MR) is 72.8 cm³/mol. The molecule has 0 saturated carbocycles. The monoisotopic (exact) mass is 271 g/mol. The molecule has 3 aliphatic heterocycles. The lowest BCUT2D eigenvalue weighted by Crippen LogP contribution is -2.49. The highest BCUT2D eigenvalue weighted by Gasteiger charge is 2.54. The largest absolute Gasteiger partial charge is 0.454 e. The van der Waals surface area contributed by atoms with E-state index in [-0.39, 0.29) is 11.5 Å². The van der Waals surface area contributed by atoms with Crippen molar-refractivity contribution < 1.29 is 14.6 Å². The van der Waals surface area contributed by atoms with Crippen LogP contribution in [0.5, 0.6) is 11.5 Å². The molecule has 104 valence electrons. The van der Waals surface area contributed by atoms with Crippen LogP contribution in [-0.2, 0) is 12.0 Å². The van der Waals surface area contributed by atoms with Crippen molar-refractivity contribution in [1.29, 1.82) is 0 Å². The predicted octanol–water partition coefficient (Wildman–Crippen LogP) is 1.56. The zero-order chi connectivity index (χ0) is 13.3. The lowest BCUT2D eigenvalue weighted by molar-refractivity contribution is 0.108. The molecule has 1 aromatic carbocycles. The summed E-state index contributed by atoms with van der Waals surface area (Å²) in [4.78, 5) is 2.51. The maximum absolute atomic E-state index is 9.98. The van der Waals surface area contributed by atoms with Gasteiger partial charge in [-0.15, -0.1) is 0 Å². The lowest BCUT2D eigenvalue weighted by Gasteiger charge is -2.45. The molecule has 1 saturated heterocycles. The molecule has 5 rings (SSSR count). The number of fused-ring (bicyclic) bond motifs is 3. The van der Waals surface area contributed by atoms with Crippen LogP contribution in [0.4, 0.5) is 0 Å². The van der Waals surface area contributed by atoms with Gasteiger partial charge in [0.25, 0.3) is 0 Å². The van der Waals surface area contributed by atoms with Crippen molar-refractivity contribution in [3.63, 3.8) is 0 Å².